The Morgan fingerprint density at radius 3 is 2.38 bits per heavy atom. The fourth-order valence-electron chi connectivity index (χ4n) is 1.62. The number of aliphatic hydroxyl groups is 2. The molecular weight excluding hydrogens is 208 g/mol. The van der Waals surface area contributed by atoms with Crippen molar-refractivity contribution in [1.82, 2.24) is 10.6 Å². The standard InChI is InChI=1S/C11H24N2O3/c1-9(2)7-10(3-5-14)8-13-11(16)12-4-6-15/h9-10,14-15H,3-8H2,1-2H3,(H2,12,13,16). The third kappa shape index (κ3) is 8.49. The highest BCUT2D eigenvalue weighted by Gasteiger charge is 2.11. The summed E-state index contributed by atoms with van der Waals surface area (Å²) >= 11 is 0. The first-order valence-corrected chi connectivity index (χ1v) is 5.83. The van der Waals surface area contributed by atoms with Crippen molar-refractivity contribution in [3.8, 4) is 0 Å². The van der Waals surface area contributed by atoms with Gasteiger partial charge in [0.1, 0.15) is 0 Å². The molecule has 1 unspecified atom stereocenters. The van der Waals surface area contributed by atoms with Crippen molar-refractivity contribution >= 4 is 6.03 Å². The van der Waals surface area contributed by atoms with Crippen LogP contribution in [0.2, 0.25) is 0 Å². The molecule has 0 aliphatic carbocycles. The van der Waals surface area contributed by atoms with Gasteiger partial charge in [0.05, 0.1) is 6.61 Å². The van der Waals surface area contributed by atoms with Crippen molar-refractivity contribution in [2.75, 3.05) is 26.3 Å². The molecule has 0 aromatic heterocycles. The van der Waals surface area contributed by atoms with E-state index in [1.165, 1.54) is 0 Å². The summed E-state index contributed by atoms with van der Waals surface area (Å²) in [5.74, 6) is 0.865. The first-order chi connectivity index (χ1) is 7.60. The van der Waals surface area contributed by atoms with E-state index in [1.807, 2.05) is 0 Å². The van der Waals surface area contributed by atoms with Gasteiger partial charge in [0, 0.05) is 19.7 Å². The average molecular weight is 232 g/mol. The molecule has 96 valence electrons. The molecule has 0 saturated heterocycles. The lowest BCUT2D eigenvalue weighted by Gasteiger charge is -2.18. The number of amides is 2. The number of nitrogens with one attached hydrogen (secondary N) is 2. The fourth-order valence-corrected chi connectivity index (χ4v) is 1.62. The van der Waals surface area contributed by atoms with E-state index in [0.29, 0.717) is 24.8 Å². The number of urea groups is 1. The highest BCUT2D eigenvalue weighted by molar-refractivity contribution is 5.73. The van der Waals surface area contributed by atoms with E-state index >= 15 is 0 Å². The zero-order valence-corrected chi connectivity index (χ0v) is 10.2. The van der Waals surface area contributed by atoms with Gasteiger partial charge >= 0.3 is 6.03 Å². The zero-order valence-electron chi connectivity index (χ0n) is 10.2. The van der Waals surface area contributed by atoms with E-state index in [-0.39, 0.29) is 25.8 Å². The summed E-state index contributed by atoms with van der Waals surface area (Å²) < 4.78 is 0. The number of hydrogen-bond acceptors (Lipinski definition) is 3. The summed E-state index contributed by atoms with van der Waals surface area (Å²) in [6.07, 6.45) is 1.69. The lowest BCUT2D eigenvalue weighted by atomic mass is 9.94. The second-order valence-electron chi connectivity index (χ2n) is 4.37. The third-order valence-corrected chi connectivity index (χ3v) is 2.29. The van der Waals surface area contributed by atoms with Crippen molar-refractivity contribution in [2.45, 2.75) is 26.7 Å². The van der Waals surface area contributed by atoms with Crippen LogP contribution in [0.15, 0.2) is 0 Å². The summed E-state index contributed by atoms with van der Waals surface area (Å²) in [7, 11) is 0. The lowest BCUT2D eigenvalue weighted by Crippen LogP contribution is -2.39. The first kappa shape index (κ1) is 15.2. The van der Waals surface area contributed by atoms with Crippen LogP contribution in [0, 0.1) is 11.8 Å². The number of carbonyl (C=O) groups excluding carboxylic acids is 1. The molecule has 1 atom stereocenters. The van der Waals surface area contributed by atoms with Gasteiger partial charge in [0.25, 0.3) is 0 Å². The lowest BCUT2D eigenvalue weighted by molar-refractivity contribution is 0.221. The molecule has 0 bridgehead atoms. The summed E-state index contributed by atoms with van der Waals surface area (Å²) in [4.78, 5) is 11.2. The molecule has 5 heteroatoms. The van der Waals surface area contributed by atoms with Gasteiger partial charge in [-0.2, -0.15) is 0 Å². The van der Waals surface area contributed by atoms with Crippen LogP contribution in [0.4, 0.5) is 4.79 Å². The summed E-state index contributed by atoms with van der Waals surface area (Å²) in [6.45, 7) is 5.17. The Morgan fingerprint density at radius 1 is 1.19 bits per heavy atom. The molecule has 0 aromatic carbocycles. The smallest absolute Gasteiger partial charge is 0.314 e. The Kier molecular flexibility index (Phi) is 8.94. The summed E-state index contributed by atoms with van der Waals surface area (Å²) in [5.41, 5.74) is 0. The van der Waals surface area contributed by atoms with Crippen LogP contribution in [0.1, 0.15) is 26.7 Å². The van der Waals surface area contributed by atoms with E-state index in [0.717, 1.165) is 6.42 Å². The van der Waals surface area contributed by atoms with Gasteiger partial charge in [-0.25, -0.2) is 4.79 Å². The molecule has 0 aromatic rings. The van der Waals surface area contributed by atoms with Gasteiger partial charge in [-0.3, -0.25) is 0 Å². The van der Waals surface area contributed by atoms with Gasteiger partial charge in [0.2, 0.25) is 0 Å². The van der Waals surface area contributed by atoms with Gasteiger partial charge in [-0.05, 0) is 24.7 Å². The fraction of sp³-hybridized carbons (Fsp3) is 0.909. The van der Waals surface area contributed by atoms with Crippen molar-refractivity contribution in [3.63, 3.8) is 0 Å². The van der Waals surface area contributed by atoms with Crippen LogP contribution in [-0.2, 0) is 0 Å². The maximum atomic E-state index is 11.2. The van der Waals surface area contributed by atoms with Crippen molar-refractivity contribution in [2.24, 2.45) is 11.8 Å². The Labute approximate surface area is 97.2 Å². The topological polar surface area (TPSA) is 81.6 Å². The first-order valence-electron chi connectivity index (χ1n) is 5.83. The minimum Gasteiger partial charge on any atom is -0.396 e. The molecule has 4 N–H and O–H groups in total. The SMILES string of the molecule is CC(C)CC(CCO)CNC(=O)NCCO. The van der Waals surface area contributed by atoms with Gasteiger partial charge in [-0.1, -0.05) is 13.8 Å². The van der Waals surface area contributed by atoms with E-state index in [2.05, 4.69) is 24.5 Å². The molecule has 0 heterocycles. The number of hydrogen-bond donors (Lipinski definition) is 4. The van der Waals surface area contributed by atoms with Crippen LogP contribution >= 0.6 is 0 Å². The third-order valence-electron chi connectivity index (χ3n) is 2.29. The maximum absolute atomic E-state index is 11.2. The molecule has 0 saturated carbocycles. The second-order valence-corrected chi connectivity index (χ2v) is 4.37. The minimum absolute atomic E-state index is 0.0561. The molecule has 0 spiro atoms. The minimum atomic E-state index is -0.263. The molecule has 0 fully saturated rings. The summed E-state index contributed by atoms with van der Waals surface area (Å²) in [5, 5.41) is 22.7. The number of carbonyl (C=O) groups is 1. The van der Waals surface area contributed by atoms with E-state index in [1.54, 1.807) is 0 Å². The van der Waals surface area contributed by atoms with Crippen LogP contribution in [-0.4, -0.2) is 42.5 Å². The van der Waals surface area contributed by atoms with Crippen molar-refractivity contribution < 1.29 is 15.0 Å². The van der Waals surface area contributed by atoms with Crippen LogP contribution in [0.5, 0.6) is 0 Å². The predicted octanol–water partition coefficient (Wildman–Crippen LogP) is 0.323. The Bertz CT molecular complexity index is 186. The van der Waals surface area contributed by atoms with E-state index < -0.39 is 0 Å². The van der Waals surface area contributed by atoms with Crippen LogP contribution < -0.4 is 10.6 Å². The van der Waals surface area contributed by atoms with E-state index in [9.17, 15) is 4.79 Å². The highest BCUT2D eigenvalue weighted by Crippen LogP contribution is 2.13. The second kappa shape index (κ2) is 9.42. The normalized spacial score (nSPS) is 12.6. The molecule has 0 aliphatic heterocycles. The largest absolute Gasteiger partial charge is 0.396 e. The van der Waals surface area contributed by atoms with Gasteiger partial charge in [0.15, 0.2) is 0 Å². The highest BCUT2D eigenvalue weighted by atomic mass is 16.3. The maximum Gasteiger partial charge on any atom is 0.314 e. The zero-order chi connectivity index (χ0) is 12.4. The number of rotatable bonds is 8. The Hall–Kier alpha value is -0.810. The molecule has 2 amide bonds. The Morgan fingerprint density at radius 2 is 1.88 bits per heavy atom. The van der Waals surface area contributed by atoms with Crippen LogP contribution in [0.25, 0.3) is 0 Å². The molecule has 0 aliphatic rings. The summed E-state index contributed by atoms with van der Waals surface area (Å²) in [6, 6.07) is -0.263. The van der Waals surface area contributed by atoms with Crippen LogP contribution in [0.3, 0.4) is 0 Å². The van der Waals surface area contributed by atoms with E-state index in [4.69, 9.17) is 10.2 Å². The molecule has 0 rings (SSSR count). The molecular formula is C11H24N2O3. The molecule has 0 radical (unpaired) electrons. The molecule has 5 nitrogen and oxygen atoms in total. The predicted molar refractivity (Wildman–Crippen MR) is 63.1 cm³/mol. The molecule has 16 heavy (non-hydrogen) atoms. The Balaban J connectivity index is 3.77. The number of aliphatic hydroxyl groups excluding tert-OH is 2. The average Bonchev–Trinajstić information content (AvgIpc) is 2.22. The van der Waals surface area contributed by atoms with Crippen molar-refractivity contribution in [3.05, 3.63) is 0 Å². The van der Waals surface area contributed by atoms with Crippen molar-refractivity contribution in [1.29, 1.82) is 0 Å². The quantitative estimate of drug-likeness (QED) is 0.486. The van der Waals surface area contributed by atoms with Gasteiger partial charge < -0.3 is 20.8 Å². The monoisotopic (exact) mass is 232 g/mol. The van der Waals surface area contributed by atoms with Gasteiger partial charge in [-0.15, -0.1) is 0 Å².